The van der Waals surface area contributed by atoms with Crippen LogP contribution in [0.1, 0.15) is 35.3 Å². The number of benzene rings is 3. The maximum absolute atomic E-state index is 12.7. The van der Waals surface area contributed by atoms with Crippen molar-refractivity contribution < 1.29 is 14.3 Å². The molecule has 5 nitrogen and oxygen atoms in total. The van der Waals surface area contributed by atoms with Crippen LogP contribution in [0.5, 0.6) is 11.5 Å². The lowest BCUT2D eigenvalue weighted by molar-refractivity contribution is 0.0956. The van der Waals surface area contributed by atoms with E-state index in [-0.39, 0.29) is 5.91 Å². The van der Waals surface area contributed by atoms with E-state index in [1.165, 1.54) is 0 Å². The van der Waals surface area contributed by atoms with Gasteiger partial charge < -0.3 is 9.47 Å². The number of carbonyl (C=O) groups excluding carboxylic acids is 1. The summed E-state index contributed by atoms with van der Waals surface area (Å²) in [6.07, 6.45) is 1.58. The average molecular weight is 376 g/mol. The average Bonchev–Trinajstić information content (AvgIpc) is 2.70. The molecule has 5 heteroatoms. The van der Waals surface area contributed by atoms with Crippen molar-refractivity contribution >= 4 is 22.9 Å². The van der Waals surface area contributed by atoms with Crippen molar-refractivity contribution in [1.29, 1.82) is 0 Å². The standard InChI is InChI=1S/C23H24N2O3/c1-4-27-19-13-12-18(21(14-19)28-5-2)15-24-25-23(26)22-16(3)10-11-17-8-6-7-9-20(17)22/h6-15H,4-5H2,1-3H3,(H,25,26)/b24-15-. The first kappa shape index (κ1) is 19.4. The summed E-state index contributed by atoms with van der Waals surface area (Å²) in [6, 6.07) is 17.3. The fourth-order valence-corrected chi connectivity index (χ4v) is 3.06. The number of hydrogen-bond donors (Lipinski definition) is 1. The highest BCUT2D eigenvalue weighted by atomic mass is 16.5. The first-order chi connectivity index (χ1) is 13.6. The highest BCUT2D eigenvalue weighted by Gasteiger charge is 2.12. The van der Waals surface area contributed by atoms with Crippen LogP contribution in [0.15, 0.2) is 59.7 Å². The molecule has 0 fully saturated rings. The van der Waals surface area contributed by atoms with Crippen LogP contribution in [-0.2, 0) is 0 Å². The first-order valence-corrected chi connectivity index (χ1v) is 9.35. The highest BCUT2D eigenvalue weighted by Crippen LogP contribution is 2.24. The predicted octanol–water partition coefficient (Wildman–Crippen LogP) is 4.71. The van der Waals surface area contributed by atoms with Crippen LogP contribution in [0.3, 0.4) is 0 Å². The van der Waals surface area contributed by atoms with Crippen LogP contribution in [0.4, 0.5) is 0 Å². The van der Waals surface area contributed by atoms with Gasteiger partial charge in [0, 0.05) is 11.6 Å². The van der Waals surface area contributed by atoms with Gasteiger partial charge in [-0.1, -0.05) is 36.4 Å². The number of nitrogens with one attached hydrogen (secondary N) is 1. The summed E-state index contributed by atoms with van der Waals surface area (Å²) < 4.78 is 11.2. The van der Waals surface area contributed by atoms with Gasteiger partial charge >= 0.3 is 0 Å². The molecule has 0 aliphatic carbocycles. The fraction of sp³-hybridized carbons (Fsp3) is 0.217. The molecule has 0 unspecified atom stereocenters. The van der Waals surface area contributed by atoms with Crippen molar-refractivity contribution in [2.75, 3.05) is 13.2 Å². The molecule has 3 rings (SSSR count). The number of ether oxygens (including phenoxy) is 2. The van der Waals surface area contributed by atoms with E-state index in [4.69, 9.17) is 9.47 Å². The molecule has 1 N–H and O–H groups in total. The zero-order valence-electron chi connectivity index (χ0n) is 16.4. The Morgan fingerprint density at radius 3 is 2.61 bits per heavy atom. The van der Waals surface area contributed by atoms with Gasteiger partial charge in [-0.3, -0.25) is 4.79 Å². The molecule has 144 valence electrons. The Kier molecular flexibility index (Phi) is 6.27. The SMILES string of the molecule is CCOc1ccc(/C=N\NC(=O)c2c(C)ccc3ccccc23)c(OCC)c1. The Balaban J connectivity index is 1.82. The van der Waals surface area contributed by atoms with Crippen LogP contribution >= 0.6 is 0 Å². The monoisotopic (exact) mass is 376 g/mol. The fourth-order valence-electron chi connectivity index (χ4n) is 3.06. The molecule has 0 bridgehead atoms. The topological polar surface area (TPSA) is 59.9 Å². The van der Waals surface area contributed by atoms with Gasteiger partial charge in [0.1, 0.15) is 11.5 Å². The van der Waals surface area contributed by atoms with Crippen molar-refractivity contribution in [2.24, 2.45) is 5.10 Å². The maximum Gasteiger partial charge on any atom is 0.272 e. The Hall–Kier alpha value is -3.34. The number of hydrogen-bond acceptors (Lipinski definition) is 4. The van der Waals surface area contributed by atoms with E-state index in [9.17, 15) is 4.79 Å². The zero-order valence-corrected chi connectivity index (χ0v) is 16.4. The molecule has 0 saturated carbocycles. The zero-order chi connectivity index (χ0) is 19.9. The Morgan fingerprint density at radius 1 is 1.04 bits per heavy atom. The van der Waals surface area contributed by atoms with Crippen molar-refractivity contribution in [3.05, 3.63) is 71.3 Å². The third-order valence-electron chi connectivity index (χ3n) is 4.33. The van der Waals surface area contributed by atoms with Gasteiger partial charge in [-0.15, -0.1) is 0 Å². The number of aryl methyl sites for hydroxylation is 1. The molecule has 0 radical (unpaired) electrons. The molecule has 0 atom stereocenters. The molecule has 3 aromatic rings. The second-order valence-corrected chi connectivity index (χ2v) is 6.24. The summed E-state index contributed by atoms with van der Waals surface area (Å²) in [5.74, 6) is 1.15. The summed E-state index contributed by atoms with van der Waals surface area (Å²) in [5, 5.41) is 6.07. The molecule has 0 aliphatic rings. The van der Waals surface area contributed by atoms with Gasteiger partial charge in [0.2, 0.25) is 0 Å². The number of carbonyl (C=O) groups is 1. The summed E-state index contributed by atoms with van der Waals surface area (Å²) in [6.45, 7) is 6.88. The predicted molar refractivity (Wildman–Crippen MR) is 113 cm³/mol. The summed E-state index contributed by atoms with van der Waals surface area (Å²) in [5.41, 5.74) is 4.93. The van der Waals surface area contributed by atoms with E-state index in [1.54, 1.807) is 6.21 Å². The number of amides is 1. The first-order valence-electron chi connectivity index (χ1n) is 9.35. The smallest absolute Gasteiger partial charge is 0.272 e. The molecule has 0 spiro atoms. The molecule has 28 heavy (non-hydrogen) atoms. The second-order valence-electron chi connectivity index (χ2n) is 6.24. The third kappa shape index (κ3) is 4.31. The lowest BCUT2D eigenvalue weighted by Crippen LogP contribution is -2.19. The minimum Gasteiger partial charge on any atom is -0.494 e. The van der Waals surface area contributed by atoms with Crippen molar-refractivity contribution in [2.45, 2.75) is 20.8 Å². The van der Waals surface area contributed by atoms with Gasteiger partial charge in [0.25, 0.3) is 5.91 Å². The largest absolute Gasteiger partial charge is 0.494 e. The van der Waals surface area contributed by atoms with Crippen molar-refractivity contribution in [1.82, 2.24) is 5.43 Å². The van der Waals surface area contributed by atoms with Gasteiger partial charge in [0.05, 0.1) is 25.0 Å². The maximum atomic E-state index is 12.7. The Bertz CT molecular complexity index is 1010. The van der Waals surface area contributed by atoms with Gasteiger partial charge in [0.15, 0.2) is 0 Å². The molecular weight excluding hydrogens is 352 g/mol. The van der Waals surface area contributed by atoms with Gasteiger partial charge in [-0.05, 0) is 49.2 Å². The van der Waals surface area contributed by atoms with E-state index in [0.29, 0.717) is 24.5 Å². The quantitative estimate of drug-likeness (QED) is 0.480. The minimum atomic E-state index is -0.241. The normalized spacial score (nSPS) is 11.0. The number of fused-ring (bicyclic) bond motifs is 1. The lowest BCUT2D eigenvalue weighted by Gasteiger charge is -2.10. The highest BCUT2D eigenvalue weighted by molar-refractivity contribution is 6.08. The molecular formula is C23H24N2O3. The molecule has 1 amide bonds. The number of hydrazone groups is 1. The summed E-state index contributed by atoms with van der Waals surface area (Å²) in [4.78, 5) is 12.7. The van der Waals surface area contributed by atoms with Crippen LogP contribution in [0.25, 0.3) is 10.8 Å². The number of rotatable bonds is 7. The van der Waals surface area contributed by atoms with Crippen LogP contribution in [-0.4, -0.2) is 25.3 Å². The van der Waals surface area contributed by atoms with E-state index < -0.39 is 0 Å². The minimum absolute atomic E-state index is 0.241. The Morgan fingerprint density at radius 2 is 1.82 bits per heavy atom. The summed E-state index contributed by atoms with van der Waals surface area (Å²) in [7, 11) is 0. The van der Waals surface area contributed by atoms with Gasteiger partial charge in [-0.25, -0.2) is 5.43 Å². The van der Waals surface area contributed by atoms with Crippen molar-refractivity contribution in [3.63, 3.8) is 0 Å². The van der Waals surface area contributed by atoms with Gasteiger partial charge in [-0.2, -0.15) is 5.10 Å². The molecule has 0 aliphatic heterocycles. The molecule has 0 aromatic heterocycles. The lowest BCUT2D eigenvalue weighted by atomic mass is 9.99. The van der Waals surface area contributed by atoms with E-state index in [1.807, 2.05) is 75.4 Å². The van der Waals surface area contributed by atoms with Crippen LogP contribution in [0, 0.1) is 6.92 Å². The number of nitrogens with zero attached hydrogens (tertiary/aromatic N) is 1. The van der Waals surface area contributed by atoms with E-state index >= 15 is 0 Å². The van der Waals surface area contributed by atoms with Crippen molar-refractivity contribution in [3.8, 4) is 11.5 Å². The molecule has 0 heterocycles. The van der Waals surface area contributed by atoms with Crippen LogP contribution < -0.4 is 14.9 Å². The molecule has 0 saturated heterocycles. The Labute approximate surface area is 165 Å². The summed E-state index contributed by atoms with van der Waals surface area (Å²) >= 11 is 0. The third-order valence-corrected chi connectivity index (χ3v) is 4.33. The van der Waals surface area contributed by atoms with E-state index in [0.717, 1.165) is 27.6 Å². The second kappa shape index (κ2) is 9.04. The molecule has 3 aromatic carbocycles. The van der Waals surface area contributed by atoms with Crippen LogP contribution in [0.2, 0.25) is 0 Å². The van der Waals surface area contributed by atoms with E-state index in [2.05, 4.69) is 10.5 Å².